The van der Waals surface area contributed by atoms with E-state index in [1.165, 1.54) is 19.3 Å². The van der Waals surface area contributed by atoms with E-state index in [1.54, 1.807) is 0 Å². The van der Waals surface area contributed by atoms with Gasteiger partial charge in [-0.2, -0.15) is 0 Å². The summed E-state index contributed by atoms with van der Waals surface area (Å²) in [6.45, 7) is 8.45. The summed E-state index contributed by atoms with van der Waals surface area (Å²) in [6.07, 6.45) is 5.65. The Labute approximate surface area is 206 Å². The summed E-state index contributed by atoms with van der Waals surface area (Å²) in [7, 11) is 0. The quantitative estimate of drug-likeness (QED) is 0.392. The highest BCUT2D eigenvalue weighted by Crippen LogP contribution is 2.40. The molecule has 35 heavy (non-hydrogen) atoms. The molecule has 1 N–H and O–H groups in total. The highest BCUT2D eigenvalue weighted by atomic mass is 16.5. The van der Waals surface area contributed by atoms with Gasteiger partial charge in [-0.05, 0) is 64.4 Å². The van der Waals surface area contributed by atoms with E-state index in [1.807, 2.05) is 74.0 Å². The molecule has 3 heterocycles. The van der Waals surface area contributed by atoms with Crippen molar-refractivity contribution < 1.29 is 14.3 Å². The first-order valence-corrected chi connectivity index (χ1v) is 12.4. The summed E-state index contributed by atoms with van der Waals surface area (Å²) in [4.78, 5) is 28.2. The molecule has 3 aromatic rings. The van der Waals surface area contributed by atoms with Gasteiger partial charge in [-0.25, -0.2) is 0 Å². The molecule has 0 spiro atoms. The number of piperidine rings is 1. The van der Waals surface area contributed by atoms with E-state index in [-0.39, 0.29) is 18.6 Å². The Kier molecular flexibility index (Phi) is 6.24. The fourth-order valence-electron chi connectivity index (χ4n) is 5.00. The molecule has 1 saturated heterocycles. The van der Waals surface area contributed by atoms with Crippen molar-refractivity contribution in [1.29, 1.82) is 0 Å². The van der Waals surface area contributed by atoms with Crippen molar-refractivity contribution in [3.05, 3.63) is 65.9 Å². The second kappa shape index (κ2) is 9.34. The SMILES string of the molecule is CC(C)(C)C(=O)OCn1cc(C(CN2CCCCC2)=C2C(=O)Nc3ccccc32)c2ccccc21. The molecule has 0 radical (unpaired) electrons. The molecule has 2 aromatic carbocycles. The minimum Gasteiger partial charge on any atom is -0.443 e. The monoisotopic (exact) mass is 471 g/mol. The lowest BCUT2D eigenvalue weighted by Gasteiger charge is -2.28. The van der Waals surface area contributed by atoms with Crippen LogP contribution in [-0.2, 0) is 21.1 Å². The van der Waals surface area contributed by atoms with Gasteiger partial charge in [-0.1, -0.05) is 42.8 Å². The van der Waals surface area contributed by atoms with E-state index in [0.717, 1.165) is 52.0 Å². The molecule has 0 aliphatic carbocycles. The second-order valence-electron chi connectivity index (χ2n) is 10.5. The van der Waals surface area contributed by atoms with Gasteiger partial charge in [0.25, 0.3) is 5.91 Å². The fraction of sp³-hybridized carbons (Fsp3) is 0.379. The third-order valence-corrected chi connectivity index (χ3v) is 6.86. The summed E-state index contributed by atoms with van der Waals surface area (Å²) in [6, 6.07) is 16.0. The molecule has 6 nitrogen and oxygen atoms in total. The number of likely N-dealkylation sites (tertiary alicyclic amines) is 1. The lowest BCUT2D eigenvalue weighted by molar-refractivity contribution is -0.156. The molecule has 0 atom stereocenters. The Hall–Kier alpha value is -3.38. The van der Waals surface area contributed by atoms with Crippen LogP contribution in [0, 0.1) is 5.41 Å². The second-order valence-corrected chi connectivity index (χ2v) is 10.5. The number of hydrogen-bond acceptors (Lipinski definition) is 4. The summed E-state index contributed by atoms with van der Waals surface area (Å²) in [5, 5.41) is 4.11. The van der Waals surface area contributed by atoms with Gasteiger partial charge in [0.1, 0.15) is 0 Å². The van der Waals surface area contributed by atoms with Crippen LogP contribution in [0.25, 0.3) is 22.0 Å². The van der Waals surface area contributed by atoms with Crippen molar-refractivity contribution in [3.8, 4) is 0 Å². The van der Waals surface area contributed by atoms with Gasteiger partial charge in [-0.3, -0.25) is 14.5 Å². The Balaban J connectivity index is 1.63. The van der Waals surface area contributed by atoms with Crippen molar-refractivity contribution in [3.63, 3.8) is 0 Å². The third-order valence-electron chi connectivity index (χ3n) is 6.86. The van der Waals surface area contributed by atoms with Crippen LogP contribution in [0.4, 0.5) is 5.69 Å². The number of aromatic nitrogens is 1. The van der Waals surface area contributed by atoms with Gasteiger partial charge < -0.3 is 14.6 Å². The number of nitrogens with zero attached hydrogens (tertiary/aromatic N) is 2. The molecule has 5 rings (SSSR count). The van der Waals surface area contributed by atoms with Crippen LogP contribution in [0.15, 0.2) is 54.7 Å². The summed E-state index contributed by atoms with van der Waals surface area (Å²) >= 11 is 0. The lowest BCUT2D eigenvalue weighted by atomic mass is 9.94. The Morgan fingerprint density at radius 3 is 2.49 bits per heavy atom. The van der Waals surface area contributed by atoms with Crippen LogP contribution < -0.4 is 5.32 Å². The van der Waals surface area contributed by atoms with E-state index in [4.69, 9.17) is 4.74 Å². The minimum absolute atomic E-state index is 0.0609. The van der Waals surface area contributed by atoms with Gasteiger partial charge in [0.2, 0.25) is 0 Å². The van der Waals surface area contributed by atoms with Crippen molar-refractivity contribution >= 4 is 39.6 Å². The molecule has 2 aliphatic heterocycles. The van der Waals surface area contributed by atoms with Crippen molar-refractivity contribution in [2.75, 3.05) is 25.0 Å². The molecule has 0 bridgehead atoms. The van der Waals surface area contributed by atoms with E-state index >= 15 is 0 Å². The molecule has 182 valence electrons. The zero-order valence-electron chi connectivity index (χ0n) is 20.8. The maximum atomic E-state index is 13.3. The molecular formula is C29H33N3O3. The zero-order valence-corrected chi connectivity index (χ0v) is 20.8. The Morgan fingerprint density at radius 1 is 1.00 bits per heavy atom. The number of carbonyl (C=O) groups excluding carboxylic acids is 2. The van der Waals surface area contributed by atoms with E-state index in [9.17, 15) is 9.59 Å². The Bertz CT molecular complexity index is 1310. The first-order chi connectivity index (χ1) is 16.8. The highest BCUT2D eigenvalue weighted by molar-refractivity contribution is 6.37. The van der Waals surface area contributed by atoms with Crippen LogP contribution in [0.3, 0.4) is 0 Å². The number of fused-ring (bicyclic) bond motifs is 2. The number of carbonyl (C=O) groups is 2. The maximum absolute atomic E-state index is 13.3. The van der Waals surface area contributed by atoms with Gasteiger partial charge in [0.15, 0.2) is 6.73 Å². The predicted molar refractivity (Wildman–Crippen MR) is 140 cm³/mol. The normalized spacial score (nSPS) is 17.9. The first kappa shape index (κ1) is 23.4. The van der Waals surface area contributed by atoms with Gasteiger partial charge in [0.05, 0.1) is 16.5 Å². The van der Waals surface area contributed by atoms with Crippen LogP contribution in [-0.4, -0.2) is 41.0 Å². The molecule has 0 saturated carbocycles. The average molecular weight is 472 g/mol. The Morgan fingerprint density at radius 2 is 1.71 bits per heavy atom. The van der Waals surface area contributed by atoms with E-state index in [0.29, 0.717) is 6.54 Å². The van der Waals surface area contributed by atoms with Crippen LogP contribution in [0.5, 0.6) is 0 Å². The number of ether oxygens (including phenoxy) is 1. The third kappa shape index (κ3) is 4.63. The number of rotatable bonds is 5. The van der Waals surface area contributed by atoms with Crippen LogP contribution >= 0.6 is 0 Å². The van der Waals surface area contributed by atoms with E-state index in [2.05, 4.69) is 16.3 Å². The summed E-state index contributed by atoms with van der Waals surface area (Å²) < 4.78 is 7.64. The summed E-state index contributed by atoms with van der Waals surface area (Å²) in [5.41, 5.74) is 4.98. The molecule has 2 aliphatic rings. The molecular weight excluding hydrogens is 438 g/mol. The minimum atomic E-state index is -0.571. The molecule has 1 aromatic heterocycles. The smallest absolute Gasteiger partial charge is 0.312 e. The van der Waals surface area contributed by atoms with Crippen LogP contribution in [0.2, 0.25) is 0 Å². The molecule has 6 heteroatoms. The first-order valence-electron chi connectivity index (χ1n) is 12.4. The van der Waals surface area contributed by atoms with E-state index < -0.39 is 5.41 Å². The van der Waals surface area contributed by atoms with Gasteiger partial charge >= 0.3 is 5.97 Å². The standard InChI is InChI=1S/C29H33N3O3/c1-29(2,3)28(34)35-19-32-18-22(20-11-6-8-14-25(20)32)23(17-31-15-9-4-10-16-31)26-21-12-5-7-13-24(21)30-27(26)33/h5-8,11-14,18H,4,9-10,15-17,19H2,1-3H3,(H,30,33). The number of para-hydroxylation sites is 2. The fourth-order valence-corrected chi connectivity index (χ4v) is 5.00. The number of hydrogen-bond donors (Lipinski definition) is 1. The number of amides is 1. The number of esters is 1. The number of anilines is 1. The molecule has 0 unspecified atom stereocenters. The molecule has 1 fully saturated rings. The lowest BCUT2D eigenvalue weighted by Crippen LogP contribution is -2.31. The average Bonchev–Trinajstić information content (AvgIpc) is 3.38. The van der Waals surface area contributed by atoms with Crippen molar-refractivity contribution in [2.24, 2.45) is 5.41 Å². The van der Waals surface area contributed by atoms with Crippen molar-refractivity contribution in [2.45, 2.75) is 46.8 Å². The highest BCUT2D eigenvalue weighted by Gasteiger charge is 2.30. The molecule has 1 amide bonds. The number of benzene rings is 2. The largest absolute Gasteiger partial charge is 0.443 e. The summed E-state index contributed by atoms with van der Waals surface area (Å²) in [5.74, 6) is -0.304. The van der Waals surface area contributed by atoms with Crippen LogP contribution in [0.1, 0.15) is 51.2 Å². The zero-order chi connectivity index (χ0) is 24.6. The van der Waals surface area contributed by atoms with Gasteiger partial charge in [-0.15, -0.1) is 0 Å². The topological polar surface area (TPSA) is 63.6 Å². The van der Waals surface area contributed by atoms with Gasteiger partial charge in [0, 0.05) is 34.9 Å². The maximum Gasteiger partial charge on any atom is 0.312 e. The predicted octanol–water partition coefficient (Wildman–Crippen LogP) is 5.54. The number of nitrogens with one attached hydrogen (secondary N) is 1. The van der Waals surface area contributed by atoms with Crippen molar-refractivity contribution in [1.82, 2.24) is 9.47 Å².